The number of nitrogens with one attached hydrogen (secondary N) is 2. The molecule has 0 aliphatic carbocycles. The number of aromatic amines is 1. The van der Waals surface area contributed by atoms with Crippen molar-refractivity contribution in [2.75, 3.05) is 0 Å². The summed E-state index contributed by atoms with van der Waals surface area (Å²) >= 11 is 0. The lowest BCUT2D eigenvalue weighted by Gasteiger charge is -1.98. The molecule has 3 rings (SSSR count). The van der Waals surface area contributed by atoms with Crippen LogP contribution < -0.4 is 15.6 Å². The molecule has 0 atom stereocenters. The first-order valence-corrected chi connectivity index (χ1v) is 6.77. The van der Waals surface area contributed by atoms with Crippen LogP contribution in [0, 0.1) is 5.82 Å². The van der Waals surface area contributed by atoms with Gasteiger partial charge < -0.3 is 14.6 Å². The highest BCUT2D eigenvalue weighted by Gasteiger charge is 2.26. The highest BCUT2D eigenvalue weighted by Crippen LogP contribution is 2.21. The van der Waals surface area contributed by atoms with E-state index in [0.29, 0.717) is 5.56 Å². The average molecular weight is 316 g/mol. The van der Waals surface area contributed by atoms with E-state index in [2.05, 4.69) is 9.98 Å². The Labute approximate surface area is 129 Å². The Balaban J connectivity index is 2.00. The lowest BCUT2D eigenvalue weighted by atomic mass is 10.2. The fourth-order valence-corrected chi connectivity index (χ4v) is 2.15. The van der Waals surface area contributed by atoms with Gasteiger partial charge in [0.25, 0.3) is 5.52 Å². The number of pyridine rings is 1. The molecule has 0 aliphatic heterocycles. The Kier molecular flexibility index (Phi) is 3.76. The van der Waals surface area contributed by atoms with Gasteiger partial charge in [0, 0.05) is 11.6 Å². The number of aliphatic hydroxyl groups excluding tert-OH is 1. The molecule has 116 valence electrons. The van der Waals surface area contributed by atoms with E-state index in [9.17, 15) is 19.4 Å². The summed E-state index contributed by atoms with van der Waals surface area (Å²) in [6.45, 7) is 0.140. The van der Waals surface area contributed by atoms with E-state index in [1.165, 1.54) is 30.3 Å². The molecule has 6 nitrogen and oxygen atoms in total. The second-order valence-electron chi connectivity index (χ2n) is 4.85. The number of aliphatic hydroxyl groups is 1. The quantitative estimate of drug-likeness (QED) is 0.469. The zero-order valence-corrected chi connectivity index (χ0v) is 11.8. The largest absolute Gasteiger partial charge is 0.501 e. The number of aromatic nitrogens is 1. The third kappa shape index (κ3) is 2.89. The molecular formula is C16H13FN2O4+2. The molecule has 4 N–H and O–H groups in total. The SMILES string of the molecule is O=c1oc2ccc[nH+]c2c(O)c1C(O)=[NH+]Cc1ccc(F)cc1. The number of benzene rings is 1. The zero-order chi connectivity index (χ0) is 16.4. The molecule has 0 spiro atoms. The number of H-pyrrole nitrogens is 1. The number of aromatic hydroxyl groups is 1. The standard InChI is InChI=1S/C16H11FN2O4/c17-10-5-3-9(4-6-10)8-19-15(21)12-14(20)13-11(23-16(12)22)2-1-7-18-13/h1-7,20H,8H2,(H,19,21)/p+2. The van der Waals surface area contributed by atoms with Crippen LogP contribution in [-0.4, -0.2) is 16.1 Å². The molecule has 0 fully saturated rings. The number of halogens is 1. The minimum absolute atomic E-state index is 0.140. The van der Waals surface area contributed by atoms with Gasteiger partial charge in [-0.25, -0.2) is 19.2 Å². The molecule has 0 unspecified atom stereocenters. The van der Waals surface area contributed by atoms with Crippen molar-refractivity contribution < 1.29 is 29.0 Å². The van der Waals surface area contributed by atoms with Gasteiger partial charge >= 0.3 is 11.5 Å². The highest BCUT2D eigenvalue weighted by atomic mass is 19.1. The Morgan fingerprint density at radius 2 is 2.00 bits per heavy atom. The summed E-state index contributed by atoms with van der Waals surface area (Å²) in [5.41, 5.74) is -0.197. The van der Waals surface area contributed by atoms with Crippen LogP contribution >= 0.6 is 0 Å². The molecule has 0 saturated carbocycles. The smallest absolute Gasteiger partial charge is 0.377 e. The third-order valence-corrected chi connectivity index (χ3v) is 3.31. The van der Waals surface area contributed by atoms with Crippen molar-refractivity contribution >= 4 is 17.0 Å². The molecule has 0 radical (unpaired) electrons. The van der Waals surface area contributed by atoms with Crippen LogP contribution in [0.5, 0.6) is 5.75 Å². The molecule has 2 aromatic heterocycles. The van der Waals surface area contributed by atoms with Crippen molar-refractivity contribution in [3.63, 3.8) is 0 Å². The van der Waals surface area contributed by atoms with Crippen LogP contribution in [0.15, 0.2) is 51.8 Å². The second-order valence-corrected chi connectivity index (χ2v) is 4.85. The fraction of sp³-hybridized carbons (Fsp3) is 0.0625. The van der Waals surface area contributed by atoms with Gasteiger partial charge in [0.15, 0.2) is 12.7 Å². The Morgan fingerprint density at radius 3 is 2.74 bits per heavy atom. The van der Waals surface area contributed by atoms with Gasteiger partial charge in [0.05, 0.1) is 0 Å². The minimum Gasteiger partial charge on any atom is -0.501 e. The van der Waals surface area contributed by atoms with Gasteiger partial charge in [0.2, 0.25) is 16.9 Å². The zero-order valence-electron chi connectivity index (χ0n) is 11.8. The summed E-state index contributed by atoms with van der Waals surface area (Å²) in [6.07, 6.45) is 1.55. The molecule has 23 heavy (non-hydrogen) atoms. The lowest BCUT2D eigenvalue weighted by molar-refractivity contribution is -0.483. The van der Waals surface area contributed by atoms with Crippen LogP contribution in [0.25, 0.3) is 11.1 Å². The Hall–Kier alpha value is -3.22. The number of hydrogen-bond acceptors (Lipinski definition) is 3. The fourth-order valence-electron chi connectivity index (χ4n) is 2.15. The molecule has 3 aromatic rings. The van der Waals surface area contributed by atoms with E-state index in [-0.39, 0.29) is 29.0 Å². The number of fused-ring (bicyclic) bond motifs is 1. The van der Waals surface area contributed by atoms with Gasteiger partial charge in [-0.3, -0.25) is 0 Å². The van der Waals surface area contributed by atoms with E-state index in [0.717, 1.165) is 0 Å². The van der Waals surface area contributed by atoms with Crippen molar-refractivity contribution in [2.24, 2.45) is 0 Å². The summed E-state index contributed by atoms with van der Waals surface area (Å²) in [5, 5.41) is 20.2. The van der Waals surface area contributed by atoms with E-state index in [4.69, 9.17) is 4.42 Å². The van der Waals surface area contributed by atoms with Gasteiger partial charge in [-0.05, 0) is 30.3 Å². The third-order valence-electron chi connectivity index (χ3n) is 3.31. The topological polar surface area (TPSA) is 98.8 Å². The summed E-state index contributed by atoms with van der Waals surface area (Å²) in [4.78, 5) is 17.3. The van der Waals surface area contributed by atoms with Crippen molar-refractivity contribution in [1.29, 1.82) is 0 Å². The predicted octanol–water partition coefficient (Wildman–Crippen LogP) is 0.0372. The van der Waals surface area contributed by atoms with Crippen molar-refractivity contribution in [3.8, 4) is 5.75 Å². The van der Waals surface area contributed by atoms with Crippen LogP contribution in [0.2, 0.25) is 0 Å². The molecule has 0 saturated heterocycles. The molecular weight excluding hydrogens is 303 g/mol. The summed E-state index contributed by atoms with van der Waals surface area (Å²) in [7, 11) is 0. The van der Waals surface area contributed by atoms with E-state index >= 15 is 0 Å². The van der Waals surface area contributed by atoms with Crippen molar-refractivity contribution in [1.82, 2.24) is 0 Å². The molecule has 7 heteroatoms. The first-order chi connectivity index (χ1) is 11.1. The van der Waals surface area contributed by atoms with Crippen LogP contribution in [0.1, 0.15) is 11.1 Å². The maximum atomic E-state index is 12.8. The first-order valence-electron chi connectivity index (χ1n) is 6.77. The predicted molar refractivity (Wildman–Crippen MR) is 78.5 cm³/mol. The van der Waals surface area contributed by atoms with Gasteiger partial charge in [-0.2, -0.15) is 0 Å². The normalized spacial score (nSPS) is 11.8. The summed E-state index contributed by atoms with van der Waals surface area (Å²) in [5.74, 6) is -1.31. The maximum absolute atomic E-state index is 12.8. The lowest BCUT2D eigenvalue weighted by Crippen LogP contribution is -2.72. The van der Waals surface area contributed by atoms with Gasteiger partial charge in [0.1, 0.15) is 5.82 Å². The van der Waals surface area contributed by atoms with E-state index < -0.39 is 17.3 Å². The molecule has 0 bridgehead atoms. The van der Waals surface area contributed by atoms with Crippen molar-refractivity contribution in [2.45, 2.75) is 6.54 Å². The summed E-state index contributed by atoms with van der Waals surface area (Å²) in [6, 6.07) is 8.76. The first kappa shape index (κ1) is 14.7. The minimum atomic E-state index is -0.876. The molecule has 1 aromatic carbocycles. The molecule has 0 aliphatic rings. The van der Waals surface area contributed by atoms with Crippen LogP contribution in [-0.2, 0) is 6.54 Å². The molecule has 0 amide bonds. The van der Waals surface area contributed by atoms with E-state index in [1.54, 1.807) is 12.3 Å². The number of rotatable bonds is 3. The van der Waals surface area contributed by atoms with Crippen LogP contribution in [0.4, 0.5) is 4.39 Å². The highest BCUT2D eigenvalue weighted by molar-refractivity contribution is 5.95. The second kappa shape index (κ2) is 5.88. The van der Waals surface area contributed by atoms with Gasteiger partial charge in [-0.1, -0.05) is 0 Å². The van der Waals surface area contributed by atoms with E-state index in [1.807, 2.05) is 0 Å². The number of hydrogen-bond donors (Lipinski definition) is 3. The average Bonchev–Trinajstić information content (AvgIpc) is 2.54. The Bertz CT molecular complexity index is 948. The van der Waals surface area contributed by atoms with Crippen molar-refractivity contribution in [3.05, 3.63) is 70.0 Å². The molecule has 2 heterocycles. The maximum Gasteiger partial charge on any atom is 0.377 e. The van der Waals surface area contributed by atoms with Gasteiger partial charge in [-0.15, -0.1) is 0 Å². The van der Waals surface area contributed by atoms with Crippen LogP contribution in [0.3, 0.4) is 0 Å². The summed E-state index contributed by atoms with van der Waals surface area (Å²) < 4.78 is 17.9. The monoisotopic (exact) mass is 316 g/mol. The Morgan fingerprint density at radius 1 is 1.26 bits per heavy atom.